The number of benzene rings is 1. The average Bonchev–Trinajstić information content (AvgIpc) is 2.45. The molecular formula is C17H27N3. The number of hydrogen-bond donors (Lipinski definition) is 1. The Hall–Kier alpha value is -0.900. The first-order valence-corrected chi connectivity index (χ1v) is 8.02. The van der Waals surface area contributed by atoms with E-state index in [0.29, 0.717) is 0 Å². The van der Waals surface area contributed by atoms with E-state index in [-0.39, 0.29) is 0 Å². The molecule has 0 aromatic heterocycles. The normalized spacial score (nSPS) is 22.1. The molecule has 0 saturated carbocycles. The zero-order chi connectivity index (χ0) is 13.8. The molecule has 0 amide bonds. The van der Waals surface area contributed by atoms with Crippen LogP contribution in [-0.2, 0) is 6.42 Å². The third kappa shape index (κ3) is 3.40. The molecule has 0 aliphatic carbocycles. The van der Waals surface area contributed by atoms with Crippen molar-refractivity contribution in [3.8, 4) is 0 Å². The summed E-state index contributed by atoms with van der Waals surface area (Å²) in [5.41, 5.74) is 1.47. The maximum absolute atomic E-state index is 3.38. The summed E-state index contributed by atoms with van der Waals surface area (Å²) in [6.45, 7) is 6.12. The van der Waals surface area contributed by atoms with Crippen molar-refractivity contribution in [1.29, 1.82) is 0 Å². The predicted octanol–water partition coefficient (Wildman–Crippen LogP) is 1.60. The number of nitrogens with one attached hydrogen (secondary N) is 1. The van der Waals surface area contributed by atoms with Crippen molar-refractivity contribution in [3.63, 3.8) is 0 Å². The van der Waals surface area contributed by atoms with E-state index in [1.165, 1.54) is 57.5 Å². The fourth-order valence-corrected chi connectivity index (χ4v) is 3.34. The highest BCUT2D eigenvalue weighted by atomic mass is 15.3. The van der Waals surface area contributed by atoms with Gasteiger partial charge in [-0.3, -0.25) is 4.90 Å². The third-order valence-electron chi connectivity index (χ3n) is 5.03. The number of likely N-dealkylation sites (N-methyl/N-ethyl adjacent to an activating group) is 1. The minimum atomic E-state index is 0.788. The van der Waals surface area contributed by atoms with Gasteiger partial charge in [-0.05, 0) is 45.0 Å². The molecule has 1 aromatic rings. The SMILES string of the molecule is CN(C1CCN(CCc2ccccc2)CC1)C1CNC1. The summed E-state index contributed by atoms with van der Waals surface area (Å²) < 4.78 is 0. The van der Waals surface area contributed by atoms with Crippen LogP contribution >= 0.6 is 0 Å². The number of likely N-dealkylation sites (tertiary alicyclic amines) is 1. The van der Waals surface area contributed by atoms with Crippen LogP contribution in [0, 0.1) is 0 Å². The lowest BCUT2D eigenvalue weighted by Crippen LogP contribution is -2.59. The Morgan fingerprint density at radius 1 is 1.10 bits per heavy atom. The summed E-state index contributed by atoms with van der Waals surface area (Å²) in [6.07, 6.45) is 3.86. The van der Waals surface area contributed by atoms with E-state index < -0.39 is 0 Å². The lowest BCUT2D eigenvalue weighted by atomic mass is 9.99. The van der Waals surface area contributed by atoms with Crippen LogP contribution in [-0.4, -0.2) is 61.7 Å². The predicted molar refractivity (Wildman–Crippen MR) is 84.0 cm³/mol. The number of nitrogens with zero attached hydrogens (tertiary/aromatic N) is 2. The maximum Gasteiger partial charge on any atom is 0.0345 e. The van der Waals surface area contributed by atoms with E-state index in [4.69, 9.17) is 0 Å². The van der Waals surface area contributed by atoms with Crippen molar-refractivity contribution in [2.75, 3.05) is 39.8 Å². The molecule has 3 rings (SSSR count). The summed E-state index contributed by atoms with van der Waals surface area (Å²) >= 11 is 0. The molecule has 20 heavy (non-hydrogen) atoms. The second-order valence-corrected chi connectivity index (χ2v) is 6.29. The lowest BCUT2D eigenvalue weighted by molar-refractivity contribution is 0.0747. The van der Waals surface area contributed by atoms with Crippen molar-refractivity contribution in [2.24, 2.45) is 0 Å². The van der Waals surface area contributed by atoms with E-state index in [9.17, 15) is 0 Å². The van der Waals surface area contributed by atoms with Gasteiger partial charge in [-0.25, -0.2) is 0 Å². The highest BCUT2D eigenvalue weighted by molar-refractivity contribution is 5.14. The van der Waals surface area contributed by atoms with Crippen molar-refractivity contribution >= 4 is 0 Å². The van der Waals surface area contributed by atoms with Gasteiger partial charge in [0.05, 0.1) is 0 Å². The smallest absolute Gasteiger partial charge is 0.0345 e. The van der Waals surface area contributed by atoms with Crippen molar-refractivity contribution in [3.05, 3.63) is 35.9 Å². The summed E-state index contributed by atoms with van der Waals surface area (Å²) in [5, 5.41) is 3.38. The van der Waals surface area contributed by atoms with Gasteiger partial charge in [-0.1, -0.05) is 30.3 Å². The van der Waals surface area contributed by atoms with Gasteiger partial charge >= 0.3 is 0 Å². The van der Waals surface area contributed by atoms with E-state index >= 15 is 0 Å². The third-order valence-corrected chi connectivity index (χ3v) is 5.03. The molecule has 0 radical (unpaired) electrons. The van der Waals surface area contributed by atoms with Crippen LogP contribution in [0.1, 0.15) is 18.4 Å². The zero-order valence-electron chi connectivity index (χ0n) is 12.6. The number of rotatable bonds is 5. The minimum absolute atomic E-state index is 0.788. The largest absolute Gasteiger partial charge is 0.314 e. The monoisotopic (exact) mass is 273 g/mol. The molecule has 0 atom stereocenters. The Kier molecular flexibility index (Phi) is 4.71. The van der Waals surface area contributed by atoms with Crippen molar-refractivity contribution < 1.29 is 0 Å². The van der Waals surface area contributed by atoms with E-state index in [0.717, 1.165) is 12.1 Å². The average molecular weight is 273 g/mol. The molecule has 3 heteroatoms. The summed E-state index contributed by atoms with van der Waals surface area (Å²) in [7, 11) is 2.32. The van der Waals surface area contributed by atoms with Crippen LogP contribution in [0.4, 0.5) is 0 Å². The standard InChI is InChI=1S/C17H27N3/c1-19(17-13-18-14-17)16-8-11-20(12-9-16)10-7-15-5-3-2-4-6-15/h2-6,16-18H,7-14H2,1H3. The van der Waals surface area contributed by atoms with E-state index in [1.54, 1.807) is 0 Å². The second kappa shape index (κ2) is 6.70. The fourth-order valence-electron chi connectivity index (χ4n) is 3.34. The molecule has 2 saturated heterocycles. The molecule has 0 bridgehead atoms. The van der Waals surface area contributed by atoms with Crippen molar-refractivity contribution in [2.45, 2.75) is 31.3 Å². The summed E-state index contributed by atoms with van der Waals surface area (Å²) in [6, 6.07) is 12.5. The fraction of sp³-hybridized carbons (Fsp3) is 0.647. The topological polar surface area (TPSA) is 18.5 Å². The van der Waals surface area contributed by atoms with Gasteiger partial charge in [-0.2, -0.15) is 0 Å². The minimum Gasteiger partial charge on any atom is -0.314 e. The van der Waals surface area contributed by atoms with Gasteiger partial charge in [0.1, 0.15) is 0 Å². The van der Waals surface area contributed by atoms with Gasteiger partial charge in [0, 0.05) is 31.7 Å². The molecule has 1 aromatic carbocycles. The maximum atomic E-state index is 3.38. The summed E-state index contributed by atoms with van der Waals surface area (Å²) in [5.74, 6) is 0. The Bertz CT molecular complexity index is 394. The molecule has 0 spiro atoms. The quantitative estimate of drug-likeness (QED) is 0.879. The molecular weight excluding hydrogens is 246 g/mol. The first kappa shape index (κ1) is 14.1. The van der Waals surface area contributed by atoms with Crippen LogP contribution in [0.5, 0.6) is 0 Å². The molecule has 2 fully saturated rings. The van der Waals surface area contributed by atoms with Gasteiger partial charge in [-0.15, -0.1) is 0 Å². The molecule has 2 aliphatic rings. The first-order chi connectivity index (χ1) is 9.83. The highest BCUT2D eigenvalue weighted by Gasteiger charge is 2.29. The number of hydrogen-bond acceptors (Lipinski definition) is 3. The molecule has 0 unspecified atom stereocenters. The molecule has 2 aliphatic heterocycles. The molecule has 3 nitrogen and oxygen atoms in total. The van der Waals surface area contributed by atoms with E-state index in [2.05, 4.69) is 52.5 Å². The first-order valence-electron chi connectivity index (χ1n) is 8.02. The highest BCUT2D eigenvalue weighted by Crippen LogP contribution is 2.19. The number of piperidine rings is 1. The molecule has 1 N–H and O–H groups in total. The second-order valence-electron chi connectivity index (χ2n) is 6.29. The Labute approximate surface area is 123 Å². The van der Waals surface area contributed by atoms with Gasteiger partial charge in [0.25, 0.3) is 0 Å². The Balaban J connectivity index is 1.40. The van der Waals surface area contributed by atoms with Crippen LogP contribution < -0.4 is 5.32 Å². The summed E-state index contributed by atoms with van der Waals surface area (Å²) in [4.78, 5) is 5.25. The molecule has 2 heterocycles. The lowest BCUT2D eigenvalue weighted by Gasteiger charge is -2.43. The van der Waals surface area contributed by atoms with Crippen LogP contribution in [0.3, 0.4) is 0 Å². The van der Waals surface area contributed by atoms with Gasteiger partial charge < -0.3 is 10.2 Å². The van der Waals surface area contributed by atoms with Crippen LogP contribution in [0.25, 0.3) is 0 Å². The van der Waals surface area contributed by atoms with Crippen molar-refractivity contribution in [1.82, 2.24) is 15.1 Å². The molecule has 110 valence electrons. The Morgan fingerprint density at radius 3 is 2.40 bits per heavy atom. The van der Waals surface area contributed by atoms with Gasteiger partial charge in [0.2, 0.25) is 0 Å². The zero-order valence-corrected chi connectivity index (χ0v) is 12.6. The van der Waals surface area contributed by atoms with E-state index in [1.807, 2.05) is 0 Å². The van der Waals surface area contributed by atoms with Crippen LogP contribution in [0.2, 0.25) is 0 Å². The Morgan fingerprint density at radius 2 is 1.80 bits per heavy atom. The van der Waals surface area contributed by atoms with Crippen LogP contribution in [0.15, 0.2) is 30.3 Å². The van der Waals surface area contributed by atoms with Gasteiger partial charge in [0.15, 0.2) is 0 Å².